The highest BCUT2D eigenvalue weighted by Crippen LogP contribution is 2.42. The molecule has 25 heavy (non-hydrogen) atoms. The Labute approximate surface area is 145 Å². The van der Waals surface area contributed by atoms with Gasteiger partial charge in [0.05, 0.1) is 5.92 Å². The van der Waals surface area contributed by atoms with Crippen molar-refractivity contribution in [2.75, 3.05) is 0 Å². The summed E-state index contributed by atoms with van der Waals surface area (Å²) in [6.07, 6.45) is 1.78. The van der Waals surface area contributed by atoms with Gasteiger partial charge in [-0.15, -0.1) is 0 Å². The number of hydrogen-bond acceptors (Lipinski definition) is 6. The average Bonchev–Trinajstić information content (AvgIpc) is 2.96. The number of ether oxygens (including phenoxy) is 3. The van der Waals surface area contributed by atoms with Crippen LogP contribution in [0, 0.1) is 5.92 Å². The van der Waals surface area contributed by atoms with Crippen LogP contribution in [0.4, 0.5) is 0 Å². The predicted octanol–water partition coefficient (Wildman–Crippen LogP) is 2.16. The smallest absolute Gasteiger partial charge is 0.334 e. The molecule has 0 amide bonds. The number of rotatable bonds is 2. The van der Waals surface area contributed by atoms with E-state index < -0.39 is 35.7 Å². The monoisotopic (exact) mass is 344 g/mol. The quantitative estimate of drug-likeness (QED) is 0.564. The summed E-state index contributed by atoms with van der Waals surface area (Å²) in [5, 5.41) is 0. The van der Waals surface area contributed by atoms with Gasteiger partial charge in [-0.2, -0.15) is 0 Å². The summed E-state index contributed by atoms with van der Waals surface area (Å²) in [4.78, 5) is 36.6. The van der Waals surface area contributed by atoms with Crippen molar-refractivity contribution in [2.45, 2.75) is 45.0 Å². The molecule has 3 aliphatic heterocycles. The van der Waals surface area contributed by atoms with Crippen LogP contribution in [0.3, 0.4) is 0 Å². The maximum absolute atomic E-state index is 12.4. The molecule has 1 fully saturated rings. The topological polar surface area (TPSA) is 78.9 Å². The van der Waals surface area contributed by atoms with Crippen LogP contribution in [0.1, 0.15) is 27.2 Å². The number of allylic oxidation sites excluding steroid dienone is 1. The Morgan fingerprint density at radius 1 is 1.40 bits per heavy atom. The van der Waals surface area contributed by atoms with Crippen molar-refractivity contribution < 1.29 is 28.6 Å². The second-order valence-electron chi connectivity index (χ2n) is 6.90. The summed E-state index contributed by atoms with van der Waals surface area (Å²) in [6.45, 7) is 12.3. The fourth-order valence-corrected chi connectivity index (χ4v) is 3.30. The molecule has 0 aromatic carbocycles. The molecule has 4 unspecified atom stereocenters. The van der Waals surface area contributed by atoms with Crippen LogP contribution in [0.5, 0.6) is 0 Å². The Morgan fingerprint density at radius 2 is 2.08 bits per heavy atom. The summed E-state index contributed by atoms with van der Waals surface area (Å²) in [6, 6.07) is 0. The Hall–Kier alpha value is -2.63. The molecule has 3 aliphatic rings. The molecule has 3 rings (SSSR count). The lowest BCUT2D eigenvalue weighted by atomic mass is 9.82. The summed E-state index contributed by atoms with van der Waals surface area (Å²) in [5.74, 6) is -1.49. The van der Waals surface area contributed by atoms with Gasteiger partial charge in [0.25, 0.3) is 0 Å². The molecule has 0 aromatic heterocycles. The van der Waals surface area contributed by atoms with Gasteiger partial charge in [0.2, 0.25) is 5.78 Å². The minimum absolute atomic E-state index is 0.0861. The Morgan fingerprint density at radius 3 is 2.72 bits per heavy atom. The Kier molecular flexibility index (Phi) is 3.94. The van der Waals surface area contributed by atoms with Gasteiger partial charge in [-0.1, -0.05) is 13.2 Å². The van der Waals surface area contributed by atoms with Gasteiger partial charge in [0.15, 0.2) is 5.60 Å². The molecule has 0 N–H and O–H groups in total. The SMILES string of the molecule is C=C(C)C(=O)OC1CC2(C)OC(=CC2=O)/C(C)=C\C2OC(=O)C(=C)C21. The molecule has 132 valence electrons. The summed E-state index contributed by atoms with van der Waals surface area (Å²) >= 11 is 0. The number of ketones is 1. The van der Waals surface area contributed by atoms with Crippen molar-refractivity contribution in [3.8, 4) is 0 Å². The van der Waals surface area contributed by atoms with Crippen LogP contribution in [0.25, 0.3) is 0 Å². The van der Waals surface area contributed by atoms with Crippen LogP contribution < -0.4 is 0 Å². The van der Waals surface area contributed by atoms with Gasteiger partial charge in [0.1, 0.15) is 18.0 Å². The van der Waals surface area contributed by atoms with Crippen molar-refractivity contribution in [3.05, 3.63) is 47.8 Å². The van der Waals surface area contributed by atoms with E-state index in [1.807, 2.05) is 0 Å². The van der Waals surface area contributed by atoms with Gasteiger partial charge >= 0.3 is 11.9 Å². The first-order chi connectivity index (χ1) is 11.6. The largest absolute Gasteiger partial charge is 0.479 e. The zero-order valence-electron chi connectivity index (χ0n) is 14.5. The maximum Gasteiger partial charge on any atom is 0.334 e. The molecule has 2 bridgehead atoms. The van der Waals surface area contributed by atoms with Crippen LogP contribution >= 0.6 is 0 Å². The first-order valence-electron chi connectivity index (χ1n) is 8.02. The van der Waals surface area contributed by atoms with Crippen molar-refractivity contribution in [2.24, 2.45) is 5.92 Å². The van der Waals surface area contributed by atoms with E-state index in [0.29, 0.717) is 11.3 Å². The molecule has 0 aliphatic carbocycles. The standard InChI is InChI=1S/C19H20O6/c1-9(2)17(21)24-14-8-19(5)15(20)7-12(25-19)10(3)6-13-16(14)11(4)18(22)23-13/h6-7,13-14,16H,1,4,8H2,2-3,5H3/b10-6-. The van der Waals surface area contributed by atoms with E-state index in [2.05, 4.69) is 13.2 Å². The fraction of sp³-hybridized carbons (Fsp3) is 0.421. The normalized spacial score (nSPS) is 36.0. The number of carbonyl (C=O) groups is 3. The van der Waals surface area contributed by atoms with Crippen molar-refractivity contribution in [1.29, 1.82) is 0 Å². The van der Waals surface area contributed by atoms with Crippen molar-refractivity contribution in [3.63, 3.8) is 0 Å². The first kappa shape index (κ1) is 17.2. The lowest BCUT2D eigenvalue weighted by Crippen LogP contribution is -2.42. The molecule has 1 saturated heterocycles. The number of hydrogen-bond donors (Lipinski definition) is 0. The molecular formula is C19H20O6. The highest BCUT2D eigenvalue weighted by Gasteiger charge is 2.51. The first-order valence-corrected chi connectivity index (χ1v) is 8.02. The van der Waals surface area contributed by atoms with Gasteiger partial charge in [0, 0.05) is 23.6 Å². The number of fused-ring (bicyclic) bond motifs is 3. The number of esters is 2. The van der Waals surface area contributed by atoms with E-state index in [0.717, 1.165) is 0 Å². The van der Waals surface area contributed by atoms with Crippen LogP contribution in [0.2, 0.25) is 0 Å². The predicted molar refractivity (Wildman–Crippen MR) is 88.2 cm³/mol. The van der Waals surface area contributed by atoms with Crippen LogP contribution in [0.15, 0.2) is 47.8 Å². The van der Waals surface area contributed by atoms with Gasteiger partial charge in [-0.05, 0) is 32.4 Å². The molecule has 0 saturated carbocycles. The van der Waals surface area contributed by atoms with E-state index in [1.165, 1.54) is 13.0 Å². The lowest BCUT2D eigenvalue weighted by Gasteiger charge is -2.31. The average molecular weight is 344 g/mol. The van der Waals surface area contributed by atoms with Crippen molar-refractivity contribution >= 4 is 17.7 Å². The third-order valence-corrected chi connectivity index (χ3v) is 4.78. The van der Waals surface area contributed by atoms with Gasteiger partial charge in [-0.3, -0.25) is 4.79 Å². The molecule has 0 aromatic rings. The Balaban J connectivity index is 2.07. The molecule has 6 nitrogen and oxygen atoms in total. The second-order valence-corrected chi connectivity index (χ2v) is 6.90. The highest BCUT2D eigenvalue weighted by atomic mass is 16.6. The summed E-state index contributed by atoms with van der Waals surface area (Å²) in [5.41, 5.74) is -0.0508. The summed E-state index contributed by atoms with van der Waals surface area (Å²) < 4.78 is 16.8. The highest BCUT2D eigenvalue weighted by molar-refractivity contribution is 6.00. The van der Waals surface area contributed by atoms with Gasteiger partial charge < -0.3 is 14.2 Å². The molecule has 4 atom stereocenters. The van der Waals surface area contributed by atoms with E-state index in [9.17, 15) is 14.4 Å². The van der Waals surface area contributed by atoms with Crippen LogP contribution in [-0.4, -0.2) is 35.5 Å². The zero-order valence-corrected chi connectivity index (χ0v) is 14.5. The number of carbonyl (C=O) groups excluding carboxylic acids is 3. The van der Waals surface area contributed by atoms with Crippen molar-refractivity contribution in [1.82, 2.24) is 0 Å². The van der Waals surface area contributed by atoms with Crippen LogP contribution in [-0.2, 0) is 28.6 Å². The molecule has 6 heteroatoms. The third-order valence-electron chi connectivity index (χ3n) is 4.78. The molecule has 0 radical (unpaired) electrons. The maximum atomic E-state index is 12.4. The molecule has 3 heterocycles. The summed E-state index contributed by atoms with van der Waals surface area (Å²) in [7, 11) is 0. The minimum atomic E-state index is -1.18. The lowest BCUT2D eigenvalue weighted by molar-refractivity contribution is -0.153. The van der Waals surface area contributed by atoms with E-state index >= 15 is 0 Å². The van der Waals surface area contributed by atoms with E-state index in [1.54, 1.807) is 19.9 Å². The van der Waals surface area contributed by atoms with E-state index in [4.69, 9.17) is 14.2 Å². The third kappa shape index (κ3) is 2.81. The van der Waals surface area contributed by atoms with E-state index in [-0.39, 0.29) is 23.4 Å². The molecular weight excluding hydrogens is 324 g/mol. The Bertz CT molecular complexity index is 771. The second kappa shape index (κ2) is 5.72. The fourth-order valence-electron chi connectivity index (χ4n) is 3.30. The molecule has 0 spiro atoms. The minimum Gasteiger partial charge on any atom is -0.479 e. The van der Waals surface area contributed by atoms with Gasteiger partial charge in [-0.25, -0.2) is 9.59 Å². The zero-order chi connectivity index (χ0) is 18.5.